The molecule has 1 aliphatic rings. The molecular weight excluding hydrogens is 452 g/mol. The van der Waals surface area contributed by atoms with Crippen molar-refractivity contribution >= 4 is 41.7 Å². The molecule has 1 aliphatic heterocycles. The van der Waals surface area contributed by atoms with Crippen molar-refractivity contribution in [1.82, 2.24) is 10.6 Å². The van der Waals surface area contributed by atoms with Crippen LogP contribution in [0.15, 0.2) is 23.2 Å². The third-order valence-corrected chi connectivity index (χ3v) is 6.11. The van der Waals surface area contributed by atoms with Crippen molar-refractivity contribution in [2.45, 2.75) is 37.5 Å². The molecule has 0 aromatic heterocycles. The molecule has 2 N–H and O–H groups in total. The predicted molar refractivity (Wildman–Crippen MR) is 116 cm³/mol. The number of halogens is 2. The molecule has 1 aromatic carbocycles. The van der Waals surface area contributed by atoms with Gasteiger partial charge in [0.2, 0.25) is 0 Å². The van der Waals surface area contributed by atoms with E-state index in [9.17, 15) is 4.39 Å². The monoisotopic (exact) mass is 481 g/mol. The Morgan fingerprint density at radius 3 is 2.64 bits per heavy atom. The van der Waals surface area contributed by atoms with Gasteiger partial charge in [-0.3, -0.25) is 4.99 Å². The summed E-state index contributed by atoms with van der Waals surface area (Å²) < 4.78 is 19.4. The lowest BCUT2D eigenvalue weighted by atomic mass is 9.99. The van der Waals surface area contributed by atoms with E-state index in [0.29, 0.717) is 5.56 Å². The van der Waals surface area contributed by atoms with E-state index in [0.717, 1.165) is 44.1 Å². The number of nitrogens with one attached hydrogen (secondary N) is 2. The highest BCUT2D eigenvalue weighted by atomic mass is 127. The molecule has 0 aliphatic carbocycles. The molecule has 25 heavy (non-hydrogen) atoms. The van der Waals surface area contributed by atoms with Gasteiger partial charge in [-0.2, -0.15) is 11.8 Å². The lowest BCUT2D eigenvalue weighted by Crippen LogP contribution is -2.48. The van der Waals surface area contributed by atoms with Crippen LogP contribution in [0.4, 0.5) is 4.39 Å². The minimum absolute atomic E-state index is 0. The fourth-order valence-corrected chi connectivity index (χ4v) is 3.59. The highest BCUT2D eigenvalue weighted by molar-refractivity contribution is 14.0. The summed E-state index contributed by atoms with van der Waals surface area (Å²) in [5.41, 5.74) is 1.57. The standard InChI is InChI=1S/C18H28FN3OS.HI/c1-13-5-6-15(11-16(13)19)14(2)22-17(20-3)21-12-18(24-4)7-9-23-10-8-18;/h5-6,11,14H,7-10,12H2,1-4H3,(H2,20,21,22);1H. The van der Waals surface area contributed by atoms with Crippen LogP contribution in [0.2, 0.25) is 0 Å². The second kappa shape index (κ2) is 10.6. The number of hydrogen-bond acceptors (Lipinski definition) is 3. The van der Waals surface area contributed by atoms with Gasteiger partial charge in [0.25, 0.3) is 0 Å². The first kappa shape index (κ1) is 22.5. The maximum atomic E-state index is 13.8. The van der Waals surface area contributed by atoms with E-state index >= 15 is 0 Å². The number of nitrogens with zero attached hydrogens (tertiary/aromatic N) is 1. The van der Waals surface area contributed by atoms with Crippen molar-refractivity contribution < 1.29 is 9.13 Å². The molecule has 0 bridgehead atoms. The quantitative estimate of drug-likeness (QED) is 0.381. The summed E-state index contributed by atoms with van der Waals surface area (Å²) in [6.45, 7) is 6.25. The number of aliphatic imine (C=N–C) groups is 1. The van der Waals surface area contributed by atoms with Gasteiger partial charge < -0.3 is 15.4 Å². The lowest BCUT2D eigenvalue weighted by molar-refractivity contribution is 0.0782. The Hall–Kier alpha value is -0.540. The lowest BCUT2D eigenvalue weighted by Gasteiger charge is -2.36. The highest BCUT2D eigenvalue weighted by Gasteiger charge is 2.31. The van der Waals surface area contributed by atoms with Gasteiger partial charge in [-0.15, -0.1) is 24.0 Å². The van der Waals surface area contributed by atoms with Crippen LogP contribution < -0.4 is 10.6 Å². The molecule has 1 unspecified atom stereocenters. The molecular formula is C18H29FIN3OS. The summed E-state index contributed by atoms with van der Waals surface area (Å²) in [6, 6.07) is 5.32. The molecule has 0 spiro atoms. The van der Waals surface area contributed by atoms with Crippen LogP contribution in [0.5, 0.6) is 0 Å². The van der Waals surface area contributed by atoms with E-state index in [-0.39, 0.29) is 40.6 Å². The van der Waals surface area contributed by atoms with Gasteiger partial charge in [-0.25, -0.2) is 4.39 Å². The molecule has 1 fully saturated rings. The molecule has 1 saturated heterocycles. The number of rotatable bonds is 5. The predicted octanol–water partition coefficient (Wildman–Crippen LogP) is 3.89. The summed E-state index contributed by atoms with van der Waals surface area (Å²) in [4.78, 5) is 4.30. The second-order valence-corrected chi connectivity index (χ2v) is 7.57. The van der Waals surface area contributed by atoms with Gasteiger partial charge in [-0.1, -0.05) is 12.1 Å². The first-order valence-corrected chi connectivity index (χ1v) is 9.58. The van der Waals surface area contributed by atoms with Crippen LogP contribution in [0.1, 0.15) is 36.9 Å². The van der Waals surface area contributed by atoms with Crippen molar-refractivity contribution in [2.75, 3.05) is 33.1 Å². The van der Waals surface area contributed by atoms with Crippen molar-refractivity contribution in [2.24, 2.45) is 4.99 Å². The van der Waals surface area contributed by atoms with Gasteiger partial charge in [0.05, 0.1) is 6.04 Å². The van der Waals surface area contributed by atoms with Gasteiger partial charge in [0, 0.05) is 31.6 Å². The third kappa shape index (κ3) is 6.29. The maximum Gasteiger partial charge on any atom is 0.191 e. The van der Waals surface area contributed by atoms with E-state index in [1.54, 1.807) is 20.0 Å². The zero-order valence-electron chi connectivity index (χ0n) is 15.4. The molecule has 142 valence electrons. The summed E-state index contributed by atoms with van der Waals surface area (Å²) >= 11 is 1.89. The Balaban J connectivity index is 0.00000312. The highest BCUT2D eigenvalue weighted by Crippen LogP contribution is 2.33. The molecule has 0 radical (unpaired) electrons. The average Bonchev–Trinajstić information content (AvgIpc) is 2.61. The fourth-order valence-electron chi connectivity index (χ4n) is 2.80. The number of ether oxygens (including phenoxy) is 1. The van der Waals surface area contributed by atoms with Crippen molar-refractivity contribution in [3.05, 3.63) is 35.1 Å². The normalized spacial score (nSPS) is 18.2. The minimum Gasteiger partial charge on any atom is -0.381 e. The van der Waals surface area contributed by atoms with Crippen LogP contribution in [-0.4, -0.2) is 43.8 Å². The molecule has 0 amide bonds. The summed E-state index contributed by atoms with van der Waals surface area (Å²) in [7, 11) is 1.76. The van der Waals surface area contributed by atoms with Gasteiger partial charge in [0.15, 0.2) is 5.96 Å². The summed E-state index contributed by atoms with van der Waals surface area (Å²) in [5.74, 6) is 0.566. The maximum absolute atomic E-state index is 13.8. The minimum atomic E-state index is -0.173. The second-order valence-electron chi connectivity index (χ2n) is 6.30. The first-order valence-electron chi connectivity index (χ1n) is 8.36. The molecule has 2 rings (SSSR count). The van der Waals surface area contributed by atoms with Crippen molar-refractivity contribution in [3.63, 3.8) is 0 Å². The smallest absolute Gasteiger partial charge is 0.191 e. The Kier molecular flexibility index (Phi) is 9.51. The van der Waals surface area contributed by atoms with E-state index in [4.69, 9.17) is 4.74 Å². The van der Waals surface area contributed by atoms with Crippen LogP contribution in [0.25, 0.3) is 0 Å². The zero-order chi connectivity index (χ0) is 17.6. The number of benzene rings is 1. The molecule has 4 nitrogen and oxygen atoms in total. The largest absolute Gasteiger partial charge is 0.381 e. The fraction of sp³-hybridized carbons (Fsp3) is 0.611. The number of thioether (sulfide) groups is 1. The van der Waals surface area contributed by atoms with Crippen LogP contribution in [-0.2, 0) is 4.74 Å². The molecule has 1 atom stereocenters. The van der Waals surface area contributed by atoms with E-state index in [2.05, 4.69) is 21.9 Å². The summed E-state index contributed by atoms with van der Waals surface area (Å²) in [6.07, 6.45) is 4.23. The molecule has 0 saturated carbocycles. The van der Waals surface area contributed by atoms with Crippen LogP contribution in [0.3, 0.4) is 0 Å². The van der Waals surface area contributed by atoms with Crippen LogP contribution >= 0.6 is 35.7 Å². The molecule has 1 heterocycles. The topological polar surface area (TPSA) is 45.7 Å². The Labute approximate surface area is 171 Å². The van der Waals surface area contributed by atoms with Crippen LogP contribution in [0, 0.1) is 12.7 Å². The van der Waals surface area contributed by atoms with E-state index in [1.165, 1.54) is 0 Å². The van der Waals surface area contributed by atoms with E-state index in [1.807, 2.05) is 30.8 Å². The summed E-state index contributed by atoms with van der Waals surface area (Å²) in [5, 5.41) is 6.77. The van der Waals surface area contributed by atoms with Gasteiger partial charge in [0.1, 0.15) is 5.82 Å². The van der Waals surface area contributed by atoms with Gasteiger partial charge in [-0.05, 0) is 50.1 Å². The average molecular weight is 481 g/mol. The first-order chi connectivity index (χ1) is 11.5. The SMILES string of the molecule is CN=C(NCC1(SC)CCOCC1)NC(C)c1ccc(C)c(F)c1.I. The Morgan fingerprint density at radius 2 is 2.08 bits per heavy atom. The van der Waals surface area contributed by atoms with Crippen molar-refractivity contribution in [1.29, 1.82) is 0 Å². The van der Waals surface area contributed by atoms with Crippen molar-refractivity contribution in [3.8, 4) is 0 Å². The third-order valence-electron chi connectivity index (χ3n) is 4.69. The molecule has 7 heteroatoms. The Bertz CT molecular complexity index is 579. The van der Waals surface area contributed by atoms with E-state index < -0.39 is 0 Å². The number of guanidine groups is 1. The number of hydrogen-bond donors (Lipinski definition) is 2. The van der Waals surface area contributed by atoms with Gasteiger partial charge >= 0.3 is 0 Å². The number of aryl methyl sites for hydroxylation is 1. The Morgan fingerprint density at radius 1 is 1.40 bits per heavy atom. The molecule has 1 aromatic rings. The zero-order valence-corrected chi connectivity index (χ0v) is 18.5.